The number of urea groups is 1. The van der Waals surface area contributed by atoms with E-state index in [2.05, 4.69) is 5.32 Å². The number of hydrogen-bond acceptors (Lipinski definition) is 4. The molecular weight excluding hydrogens is 240 g/mol. The molecule has 0 aromatic rings. The molecule has 0 aromatic heterocycles. The highest BCUT2D eigenvalue weighted by atomic mass is 16.5. The highest BCUT2D eigenvalue weighted by Crippen LogP contribution is 2.17. The molecule has 0 radical (unpaired) electrons. The normalized spacial score (nSPS) is 23.4. The number of nitrogens with zero attached hydrogens (tertiary/aromatic N) is 1. The molecule has 0 bridgehead atoms. The van der Waals surface area contributed by atoms with Crippen LogP contribution in [-0.2, 0) is 9.53 Å². The summed E-state index contributed by atoms with van der Waals surface area (Å²) in [5.41, 5.74) is 0. The third kappa shape index (κ3) is 4.15. The molecule has 104 valence electrons. The minimum absolute atomic E-state index is 0.0494. The van der Waals surface area contributed by atoms with Gasteiger partial charge in [0.2, 0.25) is 0 Å². The molecule has 2 amide bonds. The number of carbonyl (C=O) groups is 2. The molecular formula is C11H20N2O5. The van der Waals surface area contributed by atoms with Gasteiger partial charge in [-0.1, -0.05) is 0 Å². The van der Waals surface area contributed by atoms with Gasteiger partial charge in [-0.2, -0.15) is 0 Å². The van der Waals surface area contributed by atoms with Gasteiger partial charge in [0.15, 0.2) is 0 Å². The van der Waals surface area contributed by atoms with Crippen molar-refractivity contribution < 1.29 is 24.5 Å². The van der Waals surface area contributed by atoms with Crippen LogP contribution in [0.3, 0.4) is 0 Å². The summed E-state index contributed by atoms with van der Waals surface area (Å²) in [6, 6.07) is -1.43. The standard InChI is InChI=1S/C11H20N2O5/c1-7(2)18-4-3-12-11(17)13-6-8(14)5-9(13)10(15)16/h7-9,14H,3-6H2,1-2H3,(H,12,17)(H,15,16)/t8-,9-/m0/s1. The van der Waals surface area contributed by atoms with Crippen LogP contribution in [0, 0.1) is 0 Å². The minimum Gasteiger partial charge on any atom is -0.480 e. The monoisotopic (exact) mass is 260 g/mol. The van der Waals surface area contributed by atoms with E-state index in [1.54, 1.807) is 0 Å². The Bertz CT molecular complexity index is 308. The summed E-state index contributed by atoms with van der Waals surface area (Å²) in [7, 11) is 0. The van der Waals surface area contributed by atoms with Crippen LogP contribution in [0.5, 0.6) is 0 Å². The number of aliphatic hydroxyl groups is 1. The number of carboxylic acid groups (broad SMARTS) is 1. The van der Waals surface area contributed by atoms with Gasteiger partial charge in [0.25, 0.3) is 0 Å². The van der Waals surface area contributed by atoms with Crippen molar-refractivity contribution in [2.24, 2.45) is 0 Å². The van der Waals surface area contributed by atoms with E-state index in [4.69, 9.17) is 9.84 Å². The van der Waals surface area contributed by atoms with Gasteiger partial charge >= 0.3 is 12.0 Å². The number of likely N-dealkylation sites (tertiary alicyclic amines) is 1. The lowest BCUT2D eigenvalue weighted by Crippen LogP contribution is -2.47. The lowest BCUT2D eigenvalue weighted by Gasteiger charge is -2.21. The number of β-amino-alcohol motifs (C(OH)–C–C–N with tert-alkyl or cyclic N) is 1. The van der Waals surface area contributed by atoms with E-state index < -0.39 is 24.1 Å². The molecule has 7 heteroatoms. The third-order valence-corrected chi connectivity index (χ3v) is 2.65. The Balaban J connectivity index is 2.38. The largest absolute Gasteiger partial charge is 0.480 e. The molecule has 0 aliphatic carbocycles. The van der Waals surface area contributed by atoms with Gasteiger partial charge in [-0.25, -0.2) is 9.59 Å². The molecule has 1 aliphatic heterocycles. The Morgan fingerprint density at radius 2 is 2.17 bits per heavy atom. The molecule has 0 aromatic carbocycles. The van der Waals surface area contributed by atoms with Crippen LogP contribution in [0.2, 0.25) is 0 Å². The topological polar surface area (TPSA) is 99.1 Å². The molecule has 0 saturated carbocycles. The van der Waals surface area contributed by atoms with Crippen LogP contribution in [0.25, 0.3) is 0 Å². The van der Waals surface area contributed by atoms with Gasteiger partial charge in [0.1, 0.15) is 6.04 Å². The average molecular weight is 260 g/mol. The van der Waals surface area contributed by atoms with Gasteiger partial charge in [0, 0.05) is 19.5 Å². The van der Waals surface area contributed by atoms with E-state index in [-0.39, 0.29) is 19.1 Å². The fourth-order valence-electron chi connectivity index (χ4n) is 1.83. The van der Waals surface area contributed by atoms with Crippen LogP contribution in [0.4, 0.5) is 4.79 Å². The van der Waals surface area contributed by atoms with Crippen molar-refractivity contribution in [3.63, 3.8) is 0 Å². The second-order valence-corrected chi connectivity index (χ2v) is 4.55. The number of rotatable bonds is 5. The lowest BCUT2D eigenvalue weighted by molar-refractivity contribution is -0.141. The Morgan fingerprint density at radius 3 is 2.72 bits per heavy atom. The molecule has 0 spiro atoms. The van der Waals surface area contributed by atoms with Gasteiger partial charge < -0.3 is 25.2 Å². The maximum Gasteiger partial charge on any atom is 0.326 e. The number of carboxylic acids is 1. The number of ether oxygens (including phenoxy) is 1. The maximum atomic E-state index is 11.7. The molecule has 3 N–H and O–H groups in total. The van der Waals surface area contributed by atoms with Crippen molar-refractivity contribution >= 4 is 12.0 Å². The first kappa shape index (κ1) is 14.7. The lowest BCUT2D eigenvalue weighted by atomic mass is 10.2. The maximum absolute atomic E-state index is 11.7. The van der Waals surface area contributed by atoms with E-state index in [0.29, 0.717) is 13.2 Å². The third-order valence-electron chi connectivity index (χ3n) is 2.65. The molecule has 1 heterocycles. The smallest absolute Gasteiger partial charge is 0.326 e. The van der Waals surface area contributed by atoms with E-state index >= 15 is 0 Å². The van der Waals surface area contributed by atoms with Crippen molar-refractivity contribution in [1.29, 1.82) is 0 Å². The molecule has 2 atom stereocenters. The highest BCUT2D eigenvalue weighted by molar-refractivity contribution is 5.83. The van der Waals surface area contributed by atoms with Crippen LogP contribution >= 0.6 is 0 Å². The van der Waals surface area contributed by atoms with E-state index in [1.807, 2.05) is 13.8 Å². The molecule has 7 nitrogen and oxygen atoms in total. The first-order valence-corrected chi connectivity index (χ1v) is 5.98. The second-order valence-electron chi connectivity index (χ2n) is 4.55. The van der Waals surface area contributed by atoms with Crippen molar-refractivity contribution in [2.75, 3.05) is 19.7 Å². The van der Waals surface area contributed by atoms with Gasteiger partial charge in [0.05, 0.1) is 18.8 Å². The summed E-state index contributed by atoms with van der Waals surface area (Å²) in [6.07, 6.45) is -0.614. The predicted molar refractivity (Wildman–Crippen MR) is 63.2 cm³/mol. The molecule has 1 fully saturated rings. The molecule has 0 unspecified atom stereocenters. The predicted octanol–water partition coefficient (Wildman–Crippen LogP) is -0.359. The van der Waals surface area contributed by atoms with Crippen LogP contribution in [-0.4, -0.2) is 65.1 Å². The van der Waals surface area contributed by atoms with E-state index in [1.165, 1.54) is 0 Å². The highest BCUT2D eigenvalue weighted by Gasteiger charge is 2.38. The second kappa shape index (κ2) is 6.55. The van der Waals surface area contributed by atoms with Gasteiger partial charge in [-0.05, 0) is 13.8 Å². The first-order valence-electron chi connectivity index (χ1n) is 5.98. The van der Waals surface area contributed by atoms with Gasteiger partial charge in [-0.3, -0.25) is 0 Å². The zero-order chi connectivity index (χ0) is 13.7. The fraction of sp³-hybridized carbons (Fsp3) is 0.818. The molecule has 1 aliphatic rings. The van der Waals surface area contributed by atoms with E-state index in [9.17, 15) is 14.7 Å². The zero-order valence-corrected chi connectivity index (χ0v) is 10.6. The Morgan fingerprint density at radius 1 is 1.50 bits per heavy atom. The van der Waals surface area contributed by atoms with Crippen LogP contribution in [0.1, 0.15) is 20.3 Å². The van der Waals surface area contributed by atoms with E-state index in [0.717, 1.165) is 4.90 Å². The Hall–Kier alpha value is -1.34. The van der Waals surface area contributed by atoms with Crippen molar-refractivity contribution in [3.8, 4) is 0 Å². The van der Waals surface area contributed by atoms with Crippen molar-refractivity contribution in [1.82, 2.24) is 10.2 Å². The fourth-order valence-corrected chi connectivity index (χ4v) is 1.83. The summed E-state index contributed by atoms with van der Waals surface area (Å²) in [5, 5.41) is 20.9. The average Bonchev–Trinajstić information content (AvgIpc) is 2.66. The molecule has 18 heavy (non-hydrogen) atoms. The first-order chi connectivity index (χ1) is 8.41. The van der Waals surface area contributed by atoms with Crippen molar-refractivity contribution in [2.45, 2.75) is 38.5 Å². The number of nitrogens with one attached hydrogen (secondary N) is 1. The zero-order valence-electron chi connectivity index (χ0n) is 10.6. The SMILES string of the molecule is CC(C)OCCNC(=O)N1C[C@@H](O)C[C@H]1C(=O)O. The van der Waals surface area contributed by atoms with Crippen LogP contribution < -0.4 is 5.32 Å². The Labute approximate surface area is 106 Å². The number of amides is 2. The summed E-state index contributed by atoms with van der Waals surface area (Å²) < 4.78 is 5.25. The Kier molecular flexibility index (Phi) is 5.36. The number of carbonyl (C=O) groups excluding carboxylic acids is 1. The molecule has 1 rings (SSSR count). The van der Waals surface area contributed by atoms with Gasteiger partial charge in [-0.15, -0.1) is 0 Å². The number of hydrogen-bond donors (Lipinski definition) is 3. The summed E-state index contributed by atoms with van der Waals surface area (Å²) >= 11 is 0. The quantitative estimate of drug-likeness (QED) is 0.586. The van der Waals surface area contributed by atoms with Crippen LogP contribution in [0.15, 0.2) is 0 Å². The number of aliphatic carboxylic acids is 1. The molecule has 1 saturated heterocycles. The summed E-state index contributed by atoms with van der Waals surface area (Å²) in [5.74, 6) is -1.10. The summed E-state index contributed by atoms with van der Waals surface area (Å²) in [6.45, 7) is 4.51. The minimum atomic E-state index is -1.10. The summed E-state index contributed by atoms with van der Waals surface area (Å²) in [4.78, 5) is 23.8. The number of aliphatic hydroxyl groups excluding tert-OH is 1. The van der Waals surface area contributed by atoms with Crippen molar-refractivity contribution in [3.05, 3.63) is 0 Å².